The molecule has 29 heavy (non-hydrogen) atoms. The normalized spacial score (nSPS) is 13.2. The molecule has 0 bridgehead atoms. The molecule has 1 aliphatic heterocycles. The van der Waals surface area contributed by atoms with Gasteiger partial charge in [-0.1, -0.05) is 12.1 Å². The van der Waals surface area contributed by atoms with E-state index in [4.69, 9.17) is 0 Å². The summed E-state index contributed by atoms with van der Waals surface area (Å²) < 4.78 is 2.20. The predicted octanol–water partition coefficient (Wildman–Crippen LogP) is 1.89. The van der Waals surface area contributed by atoms with Crippen LogP contribution in [0.4, 0.5) is 0 Å². The van der Waals surface area contributed by atoms with Crippen LogP contribution >= 0.6 is 24.0 Å². The Balaban J connectivity index is 0.00000300. The first-order valence-corrected chi connectivity index (χ1v) is 9.95. The Bertz CT molecular complexity index is 834. The maximum atomic E-state index is 11.8. The molecule has 8 nitrogen and oxygen atoms in total. The number of amides is 1. The molecule has 0 saturated carbocycles. The maximum absolute atomic E-state index is 11.8. The standard InChI is InChI=1S/C20H29N7O.HI/c1-3-22-20(24-14-18-26-25-17-9-4-5-12-27(17)18)23-11-10-15-7-6-8-16(13-15)19(28)21-2;/h6-8,13H,3-5,9-12,14H2,1-2H3,(H,21,28)(H2,22,23,24);1H. The number of nitrogens with zero attached hydrogens (tertiary/aromatic N) is 4. The molecule has 0 saturated heterocycles. The summed E-state index contributed by atoms with van der Waals surface area (Å²) in [5.74, 6) is 2.69. The molecular weight excluding hydrogens is 481 g/mol. The Kier molecular flexibility index (Phi) is 9.36. The number of hydrogen-bond donors (Lipinski definition) is 3. The van der Waals surface area contributed by atoms with Crippen LogP contribution in [-0.2, 0) is 25.9 Å². The third kappa shape index (κ3) is 6.41. The van der Waals surface area contributed by atoms with Crippen molar-refractivity contribution in [2.24, 2.45) is 4.99 Å². The van der Waals surface area contributed by atoms with Gasteiger partial charge in [-0.05, 0) is 43.9 Å². The van der Waals surface area contributed by atoms with Gasteiger partial charge in [0, 0.05) is 38.7 Å². The van der Waals surface area contributed by atoms with Crippen molar-refractivity contribution in [1.29, 1.82) is 0 Å². The quantitative estimate of drug-likeness (QED) is 0.300. The molecule has 2 aromatic rings. The highest BCUT2D eigenvalue weighted by molar-refractivity contribution is 14.0. The van der Waals surface area contributed by atoms with Crippen LogP contribution in [0.5, 0.6) is 0 Å². The van der Waals surface area contributed by atoms with Gasteiger partial charge in [0.1, 0.15) is 12.4 Å². The van der Waals surface area contributed by atoms with E-state index >= 15 is 0 Å². The van der Waals surface area contributed by atoms with E-state index in [9.17, 15) is 4.79 Å². The van der Waals surface area contributed by atoms with Crippen LogP contribution in [0, 0.1) is 0 Å². The average Bonchev–Trinajstić information content (AvgIpc) is 3.15. The number of hydrogen-bond acceptors (Lipinski definition) is 4. The van der Waals surface area contributed by atoms with Gasteiger partial charge < -0.3 is 20.5 Å². The van der Waals surface area contributed by atoms with Crippen molar-refractivity contribution in [1.82, 2.24) is 30.7 Å². The summed E-state index contributed by atoms with van der Waals surface area (Å²) in [7, 11) is 1.64. The number of carbonyl (C=O) groups is 1. The number of benzene rings is 1. The highest BCUT2D eigenvalue weighted by atomic mass is 127. The van der Waals surface area contributed by atoms with Gasteiger partial charge >= 0.3 is 0 Å². The second-order valence-electron chi connectivity index (χ2n) is 6.79. The molecule has 3 N–H and O–H groups in total. The van der Waals surface area contributed by atoms with Crippen LogP contribution in [0.25, 0.3) is 0 Å². The van der Waals surface area contributed by atoms with Crippen molar-refractivity contribution in [2.75, 3.05) is 20.1 Å². The molecule has 1 amide bonds. The van der Waals surface area contributed by atoms with E-state index in [2.05, 4.69) is 35.7 Å². The predicted molar refractivity (Wildman–Crippen MR) is 125 cm³/mol. The van der Waals surface area contributed by atoms with Crippen molar-refractivity contribution in [2.45, 2.75) is 45.7 Å². The van der Waals surface area contributed by atoms with E-state index < -0.39 is 0 Å². The summed E-state index contributed by atoms with van der Waals surface area (Å²) in [4.78, 5) is 16.4. The topological polar surface area (TPSA) is 96.2 Å². The molecule has 0 radical (unpaired) electrons. The van der Waals surface area contributed by atoms with E-state index in [0.717, 1.165) is 55.6 Å². The van der Waals surface area contributed by atoms with Gasteiger partial charge in [0.25, 0.3) is 5.91 Å². The zero-order valence-corrected chi connectivity index (χ0v) is 19.4. The second-order valence-corrected chi connectivity index (χ2v) is 6.79. The van der Waals surface area contributed by atoms with Crippen molar-refractivity contribution in [3.05, 3.63) is 47.0 Å². The molecular formula is C20H30IN7O. The number of nitrogens with one attached hydrogen (secondary N) is 3. The van der Waals surface area contributed by atoms with E-state index in [-0.39, 0.29) is 29.9 Å². The molecule has 0 atom stereocenters. The number of aromatic nitrogens is 3. The smallest absolute Gasteiger partial charge is 0.251 e. The number of aryl methyl sites for hydroxylation is 1. The number of carbonyl (C=O) groups excluding carboxylic acids is 1. The summed E-state index contributed by atoms with van der Waals surface area (Å²) in [6.45, 7) is 5.05. The third-order valence-electron chi connectivity index (χ3n) is 4.78. The Morgan fingerprint density at radius 2 is 2.10 bits per heavy atom. The molecule has 2 heterocycles. The zero-order chi connectivity index (χ0) is 19.8. The van der Waals surface area contributed by atoms with Crippen molar-refractivity contribution in [3.8, 4) is 0 Å². The molecule has 0 fully saturated rings. The number of guanidine groups is 1. The summed E-state index contributed by atoms with van der Waals surface area (Å²) in [5.41, 5.74) is 1.79. The largest absolute Gasteiger partial charge is 0.357 e. The molecule has 1 aromatic heterocycles. The van der Waals surface area contributed by atoms with E-state index in [1.54, 1.807) is 7.05 Å². The fraction of sp³-hybridized carbons (Fsp3) is 0.500. The maximum Gasteiger partial charge on any atom is 0.251 e. The van der Waals surface area contributed by atoms with Gasteiger partial charge in [0.15, 0.2) is 11.8 Å². The van der Waals surface area contributed by atoms with Crippen LogP contribution < -0.4 is 16.0 Å². The second kappa shape index (κ2) is 11.7. The minimum atomic E-state index is -0.0682. The summed E-state index contributed by atoms with van der Waals surface area (Å²) in [6, 6.07) is 7.68. The number of rotatable bonds is 7. The first kappa shape index (κ1) is 23.1. The van der Waals surface area contributed by atoms with Gasteiger partial charge in [-0.15, -0.1) is 34.2 Å². The molecule has 1 aromatic carbocycles. The van der Waals surface area contributed by atoms with Crippen LogP contribution in [0.3, 0.4) is 0 Å². The Labute approximate surface area is 189 Å². The van der Waals surface area contributed by atoms with Crippen LogP contribution in [0.2, 0.25) is 0 Å². The van der Waals surface area contributed by atoms with E-state index in [0.29, 0.717) is 12.1 Å². The molecule has 0 spiro atoms. The highest BCUT2D eigenvalue weighted by Gasteiger charge is 2.15. The van der Waals surface area contributed by atoms with Crippen molar-refractivity contribution >= 4 is 35.8 Å². The highest BCUT2D eigenvalue weighted by Crippen LogP contribution is 2.14. The Morgan fingerprint density at radius 3 is 2.90 bits per heavy atom. The van der Waals surface area contributed by atoms with Gasteiger partial charge in [0.2, 0.25) is 0 Å². The van der Waals surface area contributed by atoms with Crippen LogP contribution in [0.15, 0.2) is 29.3 Å². The minimum Gasteiger partial charge on any atom is -0.357 e. The lowest BCUT2D eigenvalue weighted by Gasteiger charge is -2.15. The lowest BCUT2D eigenvalue weighted by Crippen LogP contribution is -2.38. The fourth-order valence-corrected chi connectivity index (χ4v) is 3.31. The first-order chi connectivity index (χ1) is 13.7. The van der Waals surface area contributed by atoms with Gasteiger partial charge in [-0.2, -0.15) is 0 Å². The molecule has 0 unspecified atom stereocenters. The van der Waals surface area contributed by atoms with Gasteiger partial charge in [0.05, 0.1) is 0 Å². The van der Waals surface area contributed by atoms with Crippen molar-refractivity contribution in [3.63, 3.8) is 0 Å². The van der Waals surface area contributed by atoms with E-state index in [1.807, 2.05) is 31.2 Å². The lowest BCUT2D eigenvalue weighted by molar-refractivity contribution is 0.0963. The number of fused-ring (bicyclic) bond motifs is 1. The first-order valence-electron chi connectivity index (χ1n) is 9.95. The summed E-state index contributed by atoms with van der Waals surface area (Å²) in [6.07, 6.45) is 4.17. The van der Waals surface area contributed by atoms with Crippen LogP contribution in [0.1, 0.15) is 47.3 Å². The summed E-state index contributed by atoms with van der Waals surface area (Å²) in [5, 5.41) is 17.9. The molecule has 3 rings (SSSR count). The van der Waals surface area contributed by atoms with E-state index in [1.165, 1.54) is 12.8 Å². The zero-order valence-electron chi connectivity index (χ0n) is 17.1. The van der Waals surface area contributed by atoms with Gasteiger partial charge in [-0.25, -0.2) is 4.99 Å². The Morgan fingerprint density at radius 1 is 1.24 bits per heavy atom. The summed E-state index contributed by atoms with van der Waals surface area (Å²) >= 11 is 0. The molecule has 158 valence electrons. The van der Waals surface area contributed by atoms with Crippen LogP contribution in [-0.4, -0.2) is 46.8 Å². The monoisotopic (exact) mass is 511 g/mol. The molecule has 9 heteroatoms. The minimum absolute atomic E-state index is 0. The molecule has 1 aliphatic rings. The molecule has 0 aliphatic carbocycles. The number of halogens is 1. The fourth-order valence-electron chi connectivity index (χ4n) is 3.31. The number of aliphatic imine (C=N–C) groups is 1. The third-order valence-corrected chi connectivity index (χ3v) is 4.78. The average molecular weight is 511 g/mol. The van der Waals surface area contributed by atoms with Gasteiger partial charge in [-0.3, -0.25) is 4.79 Å². The lowest BCUT2D eigenvalue weighted by atomic mass is 10.1. The SMILES string of the molecule is CCNC(=NCc1nnc2n1CCCC2)NCCc1cccc(C(=O)NC)c1.I. The Hall–Kier alpha value is -2.17. The van der Waals surface area contributed by atoms with Crippen molar-refractivity contribution < 1.29 is 4.79 Å².